The van der Waals surface area contributed by atoms with Crippen molar-refractivity contribution >= 4 is 11.6 Å². The first-order valence-electron chi connectivity index (χ1n) is 6.48. The molecule has 0 aromatic heterocycles. The highest BCUT2D eigenvalue weighted by Crippen LogP contribution is 2.22. The van der Waals surface area contributed by atoms with Crippen LogP contribution in [0.1, 0.15) is 28.9 Å². The Labute approximate surface area is 122 Å². The van der Waals surface area contributed by atoms with Gasteiger partial charge in [0.25, 0.3) is 5.91 Å². The molecule has 0 spiro atoms. The average molecular weight is 290 g/mol. The van der Waals surface area contributed by atoms with Crippen LogP contribution >= 0.6 is 0 Å². The molecule has 2 rings (SSSR count). The summed E-state index contributed by atoms with van der Waals surface area (Å²) in [5.41, 5.74) is 6.46. The molecule has 0 saturated carbocycles. The molecule has 0 aliphatic heterocycles. The Morgan fingerprint density at radius 2 is 1.76 bits per heavy atom. The number of nitrogen functional groups attached to an aromatic ring is 1. The molecular formula is C16H16F2N2O. The normalized spacial score (nSPS) is 12.0. The summed E-state index contributed by atoms with van der Waals surface area (Å²) in [5, 5.41) is 0. The van der Waals surface area contributed by atoms with Gasteiger partial charge in [0, 0.05) is 12.7 Å². The maximum absolute atomic E-state index is 13.8. The topological polar surface area (TPSA) is 46.3 Å². The van der Waals surface area contributed by atoms with Gasteiger partial charge in [-0.15, -0.1) is 0 Å². The molecule has 0 bridgehead atoms. The lowest BCUT2D eigenvalue weighted by Gasteiger charge is -2.25. The number of nitrogens with two attached hydrogens (primary N) is 1. The summed E-state index contributed by atoms with van der Waals surface area (Å²) in [7, 11) is 1.58. The number of hydrogen-bond acceptors (Lipinski definition) is 2. The summed E-state index contributed by atoms with van der Waals surface area (Å²) < 4.78 is 26.7. The van der Waals surface area contributed by atoms with Gasteiger partial charge in [-0.25, -0.2) is 8.78 Å². The van der Waals surface area contributed by atoms with Crippen molar-refractivity contribution in [2.24, 2.45) is 0 Å². The lowest BCUT2D eigenvalue weighted by Crippen LogP contribution is -2.30. The van der Waals surface area contributed by atoms with Crippen LogP contribution in [0.3, 0.4) is 0 Å². The number of amides is 1. The van der Waals surface area contributed by atoms with E-state index in [2.05, 4.69) is 0 Å². The summed E-state index contributed by atoms with van der Waals surface area (Å²) in [6, 6.07) is 9.50. The average Bonchev–Trinajstić information content (AvgIpc) is 2.46. The highest BCUT2D eigenvalue weighted by Gasteiger charge is 2.21. The van der Waals surface area contributed by atoms with Crippen molar-refractivity contribution in [2.45, 2.75) is 13.0 Å². The Balaban J connectivity index is 2.24. The Kier molecular flexibility index (Phi) is 4.21. The van der Waals surface area contributed by atoms with Crippen LogP contribution in [0.4, 0.5) is 14.5 Å². The van der Waals surface area contributed by atoms with E-state index in [1.807, 2.05) is 0 Å². The minimum atomic E-state index is -0.654. The van der Waals surface area contributed by atoms with Crippen LogP contribution in [-0.2, 0) is 0 Å². The van der Waals surface area contributed by atoms with Gasteiger partial charge in [-0.2, -0.15) is 0 Å². The van der Waals surface area contributed by atoms with Crippen LogP contribution in [0.15, 0.2) is 42.5 Å². The first-order valence-corrected chi connectivity index (χ1v) is 6.48. The highest BCUT2D eigenvalue weighted by atomic mass is 19.1. The maximum Gasteiger partial charge on any atom is 0.257 e. The van der Waals surface area contributed by atoms with E-state index < -0.39 is 11.7 Å². The predicted octanol–water partition coefficient (Wildman–Crippen LogP) is 3.38. The van der Waals surface area contributed by atoms with Crippen LogP contribution in [0.2, 0.25) is 0 Å². The Hall–Kier alpha value is -2.43. The monoisotopic (exact) mass is 290 g/mol. The van der Waals surface area contributed by atoms with Gasteiger partial charge in [0.05, 0.1) is 11.6 Å². The van der Waals surface area contributed by atoms with E-state index in [1.165, 1.54) is 29.2 Å². The highest BCUT2D eigenvalue weighted by molar-refractivity contribution is 5.94. The molecule has 5 heteroatoms. The lowest BCUT2D eigenvalue weighted by atomic mass is 10.1. The molecule has 21 heavy (non-hydrogen) atoms. The van der Waals surface area contributed by atoms with E-state index >= 15 is 0 Å². The van der Waals surface area contributed by atoms with E-state index in [9.17, 15) is 13.6 Å². The Morgan fingerprint density at radius 1 is 1.14 bits per heavy atom. The number of hydrogen-bond donors (Lipinski definition) is 1. The molecular weight excluding hydrogens is 274 g/mol. The first kappa shape index (κ1) is 15.0. The summed E-state index contributed by atoms with van der Waals surface area (Å²) in [5.74, 6) is -1.45. The molecule has 3 nitrogen and oxygen atoms in total. The predicted molar refractivity (Wildman–Crippen MR) is 77.7 cm³/mol. The second kappa shape index (κ2) is 5.91. The van der Waals surface area contributed by atoms with E-state index in [0.717, 1.165) is 11.6 Å². The number of nitrogens with zero attached hydrogens (tertiary/aromatic N) is 1. The lowest BCUT2D eigenvalue weighted by molar-refractivity contribution is 0.0738. The molecule has 1 unspecified atom stereocenters. The van der Waals surface area contributed by atoms with Gasteiger partial charge >= 0.3 is 0 Å². The molecule has 0 fully saturated rings. The number of carbonyl (C=O) groups excluding carboxylic acids is 1. The second-order valence-electron chi connectivity index (χ2n) is 4.88. The van der Waals surface area contributed by atoms with Crippen LogP contribution in [-0.4, -0.2) is 17.9 Å². The van der Waals surface area contributed by atoms with E-state index in [-0.39, 0.29) is 23.1 Å². The fourth-order valence-electron chi connectivity index (χ4n) is 2.04. The number of rotatable bonds is 3. The smallest absolute Gasteiger partial charge is 0.257 e. The zero-order chi connectivity index (χ0) is 15.6. The van der Waals surface area contributed by atoms with Crippen molar-refractivity contribution in [1.29, 1.82) is 0 Å². The molecule has 0 heterocycles. The molecule has 0 aliphatic carbocycles. The molecule has 0 saturated heterocycles. The van der Waals surface area contributed by atoms with Crippen LogP contribution < -0.4 is 5.73 Å². The van der Waals surface area contributed by atoms with Gasteiger partial charge in [-0.05, 0) is 42.8 Å². The standard InChI is InChI=1S/C16H16F2N2O/c1-10(11-3-5-12(17)6-4-11)20(2)16(21)14-8-7-13(19)9-15(14)18/h3-10H,19H2,1-2H3. The SMILES string of the molecule is CC(c1ccc(F)cc1)N(C)C(=O)c1ccc(N)cc1F. The van der Waals surface area contributed by atoms with Gasteiger partial charge in [-0.3, -0.25) is 4.79 Å². The van der Waals surface area contributed by atoms with E-state index in [4.69, 9.17) is 5.73 Å². The number of carbonyl (C=O) groups is 1. The maximum atomic E-state index is 13.8. The van der Waals surface area contributed by atoms with Crippen molar-refractivity contribution in [2.75, 3.05) is 12.8 Å². The number of anilines is 1. The summed E-state index contributed by atoms with van der Waals surface area (Å²) in [6.45, 7) is 1.79. The van der Waals surface area contributed by atoms with Crippen molar-refractivity contribution in [1.82, 2.24) is 4.90 Å². The van der Waals surface area contributed by atoms with Gasteiger partial charge < -0.3 is 10.6 Å². The number of halogens is 2. The third-order valence-corrected chi connectivity index (χ3v) is 3.48. The van der Waals surface area contributed by atoms with Gasteiger partial charge in [0.15, 0.2) is 0 Å². The zero-order valence-corrected chi connectivity index (χ0v) is 11.8. The summed E-state index contributed by atoms with van der Waals surface area (Å²) >= 11 is 0. The van der Waals surface area contributed by atoms with Crippen molar-refractivity contribution < 1.29 is 13.6 Å². The van der Waals surface area contributed by atoms with E-state index in [0.29, 0.717) is 0 Å². The van der Waals surface area contributed by atoms with Crippen LogP contribution in [0, 0.1) is 11.6 Å². The van der Waals surface area contributed by atoms with Crippen molar-refractivity contribution in [3.8, 4) is 0 Å². The zero-order valence-electron chi connectivity index (χ0n) is 11.8. The van der Waals surface area contributed by atoms with Crippen LogP contribution in [0.5, 0.6) is 0 Å². The Morgan fingerprint density at radius 3 is 2.33 bits per heavy atom. The quantitative estimate of drug-likeness (QED) is 0.881. The van der Waals surface area contributed by atoms with Crippen molar-refractivity contribution in [3.05, 3.63) is 65.2 Å². The van der Waals surface area contributed by atoms with Gasteiger partial charge in [0.2, 0.25) is 0 Å². The first-order chi connectivity index (χ1) is 9.90. The van der Waals surface area contributed by atoms with E-state index in [1.54, 1.807) is 26.1 Å². The summed E-state index contributed by atoms with van der Waals surface area (Å²) in [6.07, 6.45) is 0. The van der Waals surface area contributed by atoms with Crippen molar-refractivity contribution in [3.63, 3.8) is 0 Å². The summed E-state index contributed by atoms with van der Waals surface area (Å²) in [4.78, 5) is 13.7. The van der Waals surface area contributed by atoms with Gasteiger partial charge in [0.1, 0.15) is 11.6 Å². The minimum Gasteiger partial charge on any atom is -0.399 e. The van der Waals surface area contributed by atoms with Gasteiger partial charge in [-0.1, -0.05) is 12.1 Å². The largest absolute Gasteiger partial charge is 0.399 e. The third-order valence-electron chi connectivity index (χ3n) is 3.48. The molecule has 0 radical (unpaired) electrons. The molecule has 2 aromatic rings. The fraction of sp³-hybridized carbons (Fsp3) is 0.188. The molecule has 110 valence electrons. The second-order valence-corrected chi connectivity index (χ2v) is 4.88. The fourth-order valence-corrected chi connectivity index (χ4v) is 2.04. The third kappa shape index (κ3) is 3.18. The minimum absolute atomic E-state index is 0.0411. The Bertz CT molecular complexity index is 656. The molecule has 2 N–H and O–H groups in total. The molecule has 0 aliphatic rings. The molecule has 1 amide bonds. The van der Waals surface area contributed by atoms with Crippen LogP contribution in [0.25, 0.3) is 0 Å². The molecule has 1 atom stereocenters. The molecule has 2 aromatic carbocycles. The number of benzene rings is 2.